The molecule has 33 heavy (non-hydrogen) atoms. The van der Waals surface area contributed by atoms with Gasteiger partial charge in [0.05, 0.1) is 17.7 Å². The monoisotopic (exact) mass is 464 g/mol. The fraction of sp³-hybridized carbons (Fsp3) is 0.333. The highest BCUT2D eigenvalue weighted by atomic mass is 32.2. The van der Waals surface area contributed by atoms with Gasteiger partial charge in [-0.1, -0.05) is 42.0 Å². The third-order valence-corrected chi connectivity index (χ3v) is 8.14. The van der Waals surface area contributed by atoms with Crippen molar-refractivity contribution >= 4 is 15.7 Å². The van der Waals surface area contributed by atoms with Crippen LogP contribution in [0.25, 0.3) is 0 Å². The normalized spacial score (nSPS) is 15.4. The molecular formula is C27H32N2O3S. The van der Waals surface area contributed by atoms with Gasteiger partial charge in [-0.2, -0.15) is 0 Å². The maximum atomic E-state index is 13.8. The van der Waals surface area contributed by atoms with Crippen LogP contribution in [0.2, 0.25) is 0 Å². The fourth-order valence-corrected chi connectivity index (χ4v) is 6.28. The number of aryl methyl sites for hydroxylation is 2. The van der Waals surface area contributed by atoms with Gasteiger partial charge in [0.25, 0.3) is 10.0 Å². The van der Waals surface area contributed by atoms with Crippen LogP contribution in [0.3, 0.4) is 0 Å². The lowest BCUT2D eigenvalue weighted by molar-refractivity contribution is 0.206. The van der Waals surface area contributed by atoms with Gasteiger partial charge in [-0.25, -0.2) is 8.42 Å². The molecule has 1 fully saturated rings. The summed E-state index contributed by atoms with van der Waals surface area (Å²) in [7, 11) is -2.00. The second-order valence-corrected chi connectivity index (χ2v) is 10.6. The zero-order valence-corrected chi connectivity index (χ0v) is 20.4. The van der Waals surface area contributed by atoms with E-state index in [0.29, 0.717) is 4.90 Å². The number of benzene rings is 3. The van der Waals surface area contributed by atoms with Crippen molar-refractivity contribution in [3.05, 3.63) is 89.5 Å². The summed E-state index contributed by atoms with van der Waals surface area (Å²) in [5, 5.41) is 0. The van der Waals surface area contributed by atoms with Crippen molar-refractivity contribution in [1.82, 2.24) is 4.90 Å². The van der Waals surface area contributed by atoms with E-state index in [1.165, 1.54) is 5.56 Å². The number of sulfonamides is 1. The summed E-state index contributed by atoms with van der Waals surface area (Å²) in [4.78, 5) is 2.74. The lowest BCUT2D eigenvalue weighted by Crippen LogP contribution is -2.47. The first-order chi connectivity index (χ1) is 15.9. The predicted molar refractivity (Wildman–Crippen MR) is 133 cm³/mol. The number of anilines is 1. The molecule has 1 aliphatic heterocycles. The summed E-state index contributed by atoms with van der Waals surface area (Å²) in [6.45, 7) is 6.45. The molecule has 1 saturated heterocycles. The van der Waals surface area contributed by atoms with E-state index in [1.54, 1.807) is 23.5 Å². The molecule has 1 heterocycles. The third kappa shape index (κ3) is 5.40. The van der Waals surface area contributed by atoms with Crippen molar-refractivity contribution in [2.45, 2.75) is 44.2 Å². The highest BCUT2D eigenvalue weighted by molar-refractivity contribution is 7.92. The third-order valence-electron chi connectivity index (χ3n) is 6.26. The minimum absolute atomic E-state index is 0.0835. The van der Waals surface area contributed by atoms with Crippen molar-refractivity contribution in [3.8, 4) is 5.75 Å². The number of rotatable bonds is 7. The highest BCUT2D eigenvalue weighted by Gasteiger charge is 2.34. The maximum absolute atomic E-state index is 13.8. The summed E-state index contributed by atoms with van der Waals surface area (Å²) in [5.74, 6) is 0.859. The van der Waals surface area contributed by atoms with E-state index in [4.69, 9.17) is 4.74 Å². The average molecular weight is 465 g/mol. The minimum atomic E-state index is -3.68. The lowest BCUT2D eigenvalue weighted by atomic mass is 10.0. The molecule has 0 atom stereocenters. The van der Waals surface area contributed by atoms with Gasteiger partial charge in [0.1, 0.15) is 5.75 Å². The van der Waals surface area contributed by atoms with Crippen LogP contribution in [-0.4, -0.2) is 39.6 Å². The Kier molecular flexibility index (Phi) is 7.05. The number of hydrogen-bond donors (Lipinski definition) is 0. The molecule has 174 valence electrons. The first-order valence-corrected chi connectivity index (χ1v) is 12.8. The molecule has 1 aliphatic rings. The zero-order valence-electron chi connectivity index (χ0n) is 19.6. The first-order valence-electron chi connectivity index (χ1n) is 11.4. The lowest BCUT2D eigenvalue weighted by Gasteiger charge is -2.39. The van der Waals surface area contributed by atoms with Gasteiger partial charge in [0.2, 0.25) is 0 Å². The van der Waals surface area contributed by atoms with Crippen molar-refractivity contribution in [3.63, 3.8) is 0 Å². The largest absolute Gasteiger partial charge is 0.497 e. The number of ether oxygens (including phenoxy) is 1. The molecule has 0 unspecified atom stereocenters. The van der Waals surface area contributed by atoms with E-state index < -0.39 is 10.0 Å². The summed E-state index contributed by atoms with van der Waals surface area (Å²) < 4.78 is 34.6. The molecule has 6 heteroatoms. The average Bonchev–Trinajstić information content (AvgIpc) is 2.82. The quantitative estimate of drug-likeness (QED) is 0.484. The van der Waals surface area contributed by atoms with Crippen LogP contribution in [-0.2, 0) is 16.6 Å². The smallest absolute Gasteiger partial charge is 0.264 e. The van der Waals surface area contributed by atoms with Crippen LogP contribution in [0, 0.1) is 13.8 Å². The standard InChI is InChI=1S/C27H32N2O3S/c1-21-10-12-24(13-11-21)29(33(30,31)27-9-4-6-22(2)18-27)25-14-16-28(17-15-25)20-23-7-5-8-26(19-23)32-3/h4-13,18-19,25H,14-17,20H2,1-3H3. The number of methoxy groups -OCH3 is 1. The Bertz CT molecular complexity index is 1180. The van der Waals surface area contributed by atoms with Crippen LogP contribution in [0.5, 0.6) is 5.75 Å². The second-order valence-electron chi connectivity index (χ2n) is 8.81. The van der Waals surface area contributed by atoms with Gasteiger partial charge in [-0.3, -0.25) is 9.21 Å². The molecular weight excluding hydrogens is 432 g/mol. The van der Waals surface area contributed by atoms with Crippen molar-refractivity contribution < 1.29 is 13.2 Å². The second kappa shape index (κ2) is 9.98. The Morgan fingerprint density at radius 2 is 1.61 bits per heavy atom. The summed E-state index contributed by atoms with van der Waals surface area (Å²) in [6.07, 6.45) is 1.56. The maximum Gasteiger partial charge on any atom is 0.264 e. The number of likely N-dealkylation sites (tertiary alicyclic amines) is 1. The zero-order chi connectivity index (χ0) is 23.4. The molecule has 0 N–H and O–H groups in total. The topological polar surface area (TPSA) is 49.9 Å². The van der Waals surface area contributed by atoms with Gasteiger partial charge in [0.15, 0.2) is 0 Å². The number of nitrogens with zero attached hydrogens (tertiary/aromatic N) is 2. The van der Waals surface area contributed by atoms with Gasteiger partial charge in [-0.15, -0.1) is 0 Å². The van der Waals surface area contributed by atoms with Crippen LogP contribution in [0.4, 0.5) is 5.69 Å². The summed E-state index contributed by atoms with van der Waals surface area (Å²) >= 11 is 0. The molecule has 0 aliphatic carbocycles. The Labute approximate surface area is 197 Å². The Morgan fingerprint density at radius 3 is 2.27 bits per heavy atom. The van der Waals surface area contributed by atoms with Crippen LogP contribution in [0.15, 0.2) is 77.7 Å². The van der Waals surface area contributed by atoms with Crippen molar-refractivity contribution in [1.29, 1.82) is 0 Å². The molecule has 3 aromatic carbocycles. The predicted octanol–water partition coefficient (Wildman–Crippen LogP) is 5.17. The van der Waals surface area contributed by atoms with Crippen molar-refractivity contribution in [2.75, 3.05) is 24.5 Å². The molecule has 0 amide bonds. The molecule has 3 aromatic rings. The first kappa shape index (κ1) is 23.3. The van der Waals surface area contributed by atoms with E-state index in [2.05, 4.69) is 17.0 Å². The number of piperidine rings is 1. The molecule has 0 aromatic heterocycles. The Balaban J connectivity index is 1.56. The Morgan fingerprint density at radius 1 is 0.909 bits per heavy atom. The van der Waals surface area contributed by atoms with Gasteiger partial charge < -0.3 is 4.74 Å². The SMILES string of the molecule is COc1cccc(CN2CCC(N(c3ccc(C)cc3)S(=O)(=O)c3cccc(C)c3)CC2)c1. The Hall–Kier alpha value is -2.83. The summed E-state index contributed by atoms with van der Waals surface area (Å²) in [5.41, 5.74) is 3.98. The summed E-state index contributed by atoms with van der Waals surface area (Å²) in [6, 6.07) is 23.0. The van der Waals surface area contributed by atoms with E-state index in [1.807, 2.05) is 62.4 Å². The van der Waals surface area contributed by atoms with E-state index in [0.717, 1.165) is 55.0 Å². The van der Waals surface area contributed by atoms with Gasteiger partial charge in [0, 0.05) is 25.7 Å². The minimum Gasteiger partial charge on any atom is -0.497 e. The van der Waals surface area contributed by atoms with E-state index in [-0.39, 0.29) is 6.04 Å². The highest BCUT2D eigenvalue weighted by Crippen LogP contribution is 2.31. The molecule has 4 rings (SSSR count). The fourth-order valence-electron chi connectivity index (χ4n) is 4.47. The molecule has 5 nitrogen and oxygen atoms in total. The van der Waals surface area contributed by atoms with Crippen LogP contribution < -0.4 is 9.04 Å². The van der Waals surface area contributed by atoms with Gasteiger partial charge >= 0.3 is 0 Å². The van der Waals surface area contributed by atoms with Crippen LogP contribution >= 0.6 is 0 Å². The molecule has 0 radical (unpaired) electrons. The van der Waals surface area contributed by atoms with Crippen molar-refractivity contribution in [2.24, 2.45) is 0 Å². The molecule has 0 spiro atoms. The number of hydrogen-bond acceptors (Lipinski definition) is 4. The van der Waals surface area contributed by atoms with E-state index >= 15 is 0 Å². The molecule has 0 bridgehead atoms. The van der Waals surface area contributed by atoms with E-state index in [9.17, 15) is 8.42 Å². The van der Waals surface area contributed by atoms with Crippen LogP contribution in [0.1, 0.15) is 29.5 Å². The molecule has 0 saturated carbocycles. The van der Waals surface area contributed by atoms with Gasteiger partial charge in [-0.05, 0) is 74.2 Å².